The van der Waals surface area contributed by atoms with Gasteiger partial charge in [0.05, 0.1) is 0 Å². The van der Waals surface area contributed by atoms with Gasteiger partial charge in [-0.1, -0.05) is 0 Å². The van der Waals surface area contributed by atoms with Crippen LogP contribution in [0.3, 0.4) is 0 Å². The van der Waals surface area contributed by atoms with Crippen LogP contribution in [0.25, 0.3) is 0 Å². The van der Waals surface area contributed by atoms with E-state index in [1.807, 2.05) is 38.4 Å². The molecule has 1 aromatic heterocycles. The summed E-state index contributed by atoms with van der Waals surface area (Å²) in [7, 11) is 0. The third-order valence-electron chi connectivity index (χ3n) is 1.57. The third kappa shape index (κ3) is 1.58. The molecule has 1 aromatic rings. The minimum atomic E-state index is 0.0567. The average Bonchev–Trinajstić information content (AvgIpc) is 2.37. The topological polar surface area (TPSA) is 58.0 Å². The van der Waals surface area contributed by atoms with Crippen LogP contribution < -0.4 is 10.7 Å². The van der Waals surface area contributed by atoms with Crippen molar-refractivity contribution in [2.24, 2.45) is 5.73 Å². The highest BCUT2D eigenvalue weighted by atomic mass is 15.6. The molecular weight excluding hydrogens is 152 g/mol. The number of guanidine groups is 1. The SMILES string of the molecule is CC(C)N(C(=N)N)n1cccc1. The summed E-state index contributed by atoms with van der Waals surface area (Å²) in [5.74, 6) is 0.0567. The van der Waals surface area contributed by atoms with Gasteiger partial charge in [-0.25, -0.2) is 5.01 Å². The molecule has 66 valence electrons. The number of hydrogen-bond acceptors (Lipinski definition) is 1. The van der Waals surface area contributed by atoms with Crippen molar-refractivity contribution >= 4 is 5.96 Å². The fraction of sp³-hybridized carbons (Fsp3) is 0.375. The van der Waals surface area contributed by atoms with Crippen molar-refractivity contribution in [3.63, 3.8) is 0 Å². The average molecular weight is 166 g/mol. The van der Waals surface area contributed by atoms with Crippen molar-refractivity contribution in [3.8, 4) is 0 Å². The van der Waals surface area contributed by atoms with Crippen molar-refractivity contribution in [1.82, 2.24) is 4.68 Å². The van der Waals surface area contributed by atoms with E-state index >= 15 is 0 Å². The van der Waals surface area contributed by atoms with E-state index in [-0.39, 0.29) is 12.0 Å². The summed E-state index contributed by atoms with van der Waals surface area (Å²) in [6.07, 6.45) is 3.72. The van der Waals surface area contributed by atoms with Crippen LogP contribution in [0.4, 0.5) is 0 Å². The summed E-state index contributed by atoms with van der Waals surface area (Å²) in [5, 5.41) is 9.04. The quantitative estimate of drug-likeness (QED) is 0.502. The van der Waals surface area contributed by atoms with Crippen LogP contribution in [0.5, 0.6) is 0 Å². The van der Waals surface area contributed by atoms with E-state index < -0.39 is 0 Å². The van der Waals surface area contributed by atoms with E-state index in [1.165, 1.54) is 0 Å². The van der Waals surface area contributed by atoms with E-state index in [2.05, 4.69) is 0 Å². The normalized spacial score (nSPS) is 10.2. The molecular formula is C8H14N4. The smallest absolute Gasteiger partial charge is 0.208 e. The Balaban J connectivity index is 2.88. The zero-order chi connectivity index (χ0) is 9.14. The Kier molecular flexibility index (Phi) is 2.38. The molecule has 4 heteroatoms. The molecule has 0 aliphatic rings. The van der Waals surface area contributed by atoms with Gasteiger partial charge in [-0.15, -0.1) is 0 Å². The zero-order valence-electron chi connectivity index (χ0n) is 7.36. The molecule has 0 saturated carbocycles. The first-order chi connectivity index (χ1) is 5.63. The van der Waals surface area contributed by atoms with Crippen LogP contribution >= 0.6 is 0 Å². The summed E-state index contributed by atoms with van der Waals surface area (Å²) in [4.78, 5) is 0. The highest BCUT2D eigenvalue weighted by Gasteiger charge is 2.10. The molecule has 1 heterocycles. The lowest BCUT2D eigenvalue weighted by Gasteiger charge is -2.27. The molecule has 0 aliphatic heterocycles. The van der Waals surface area contributed by atoms with Gasteiger partial charge in [-0.3, -0.25) is 10.1 Å². The Labute approximate surface area is 72.1 Å². The first-order valence-corrected chi connectivity index (χ1v) is 3.89. The second-order valence-electron chi connectivity index (χ2n) is 2.89. The number of aromatic nitrogens is 1. The third-order valence-corrected chi connectivity index (χ3v) is 1.57. The monoisotopic (exact) mass is 166 g/mol. The van der Waals surface area contributed by atoms with Crippen molar-refractivity contribution < 1.29 is 0 Å². The Hall–Kier alpha value is -1.45. The van der Waals surface area contributed by atoms with Gasteiger partial charge >= 0.3 is 0 Å². The van der Waals surface area contributed by atoms with E-state index in [9.17, 15) is 0 Å². The molecule has 0 aliphatic carbocycles. The fourth-order valence-corrected chi connectivity index (χ4v) is 1.14. The number of nitrogens with zero attached hydrogens (tertiary/aromatic N) is 2. The van der Waals surface area contributed by atoms with E-state index in [0.717, 1.165) is 0 Å². The lowest BCUT2D eigenvalue weighted by atomic mass is 10.4. The van der Waals surface area contributed by atoms with Gasteiger partial charge in [0.1, 0.15) is 0 Å². The number of nitrogens with two attached hydrogens (primary N) is 1. The molecule has 0 aromatic carbocycles. The maximum absolute atomic E-state index is 7.34. The maximum atomic E-state index is 7.34. The minimum absolute atomic E-state index is 0.0567. The first-order valence-electron chi connectivity index (χ1n) is 3.89. The van der Waals surface area contributed by atoms with Gasteiger partial charge < -0.3 is 5.73 Å². The second-order valence-corrected chi connectivity index (χ2v) is 2.89. The molecule has 0 fully saturated rings. The molecule has 0 bridgehead atoms. The highest BCUT2D eigenvalue weighted by Crippen LogP contribution is 1.98. The van der Waals surface area contributed by atoms with Gasteiger partial charge in [-0.05, 0) is 26.0 Å². The Morgan fingerprint density at radius 2 is 1.92 bits per heavy atom. The van der Waals surface area contributed by atoms with Gasteiger partial charge in [0.25, 0.3) is 0 Å². The lowest BCUT2D eigenvalue weighted by molar-refractivity contribution is 0.621. The standard InChI is InChI=1S/C8H14N4/c1-7(2)12(8(9)10)11-5-3-4-6-11/h3-7H,1-2H3,(H3,9,10). The van der Waals surface area contributed by atoms with Crippen molar-refractivity contribution in [1.29, 1.82) is 5.41 Å². The van der Waals surface area contributed by atoms with Crippen molar-refractivity contribution in [2.45, 2.75) is 19.9 Å². The predicted octanol–water partition coefficient (Wildman–Crippen LogP) is 0.728. The molecule has 0 radical (unpaired) electrons. The van der Waals surface area contributed by atoms with Gasteiger partial charge in [0, 0.05) is 18.4 Å². The molecule has 3 N–H and O–H groups in total. The van der Waals surface area contributed by atoms with E-state index in [1.54, 1.807) is 9.69 Å². The Morgan fingerprint density at radius 1 is 1.42 bits per heavy atom. The molecule has 0 amide bonds. The lowest BCUT2D eigenvalue weighted by Crippen LogP contribution is -2.48. The van der Waals surface area contributed by atoms with Gasteiger partial charge in [0.15, 0.2) is 0 Å². The molecule has 0 unspecified atom stereocenters. The van der Waals surface area contributed by atoms with Crippen LogP contribution in [0, 0.1) is 5.41 Å². The molecule has 0 spiro atoms. The summed E-state index contributed by atoms with van der Waals surface area (Å²) in [6.45, 7) is 3.98. The summed E-state index contributed by atoms with van der Waals surface area (Å²) in [5.41, 5.74) is 5.42. The maximum Gasteiger partial charge on any atom is 0.208 e. The van der Waals surface area contributed by atoms with Crippen LogP contribution in [0.15, 0.2) is 24.5 Å². The van der Waals surface area contributed by atoms with Crippen molar-refractivity contribution in [3.05, 3.63) is 24.5 Å². The molecule has 4 nitrogen and oxygen atoms in total. The number of nitrogens with one attached hydrogen (secondary N) is 1. The minimum Gasteiger partial charge on any atom is -0.369 e. The first kappa shape index (κ1) is 8.64. The number of rotatable bonds is 2. The highest BCUT2D eigenvalue weighted by molar-refractivity contribution is 5.85. The van der Waals surface area contributed by atoms with Crippen LogP contribution in [-0.4, -0.2) is 16.7 Å². The molecule has 12 heavy (non-hydrogen) atoms. The van der Waals surface area contributed by atoms with E-state index in [4.69, 9.17) is 11.1 Å². The summed E-state index contributed by atoms with van der Waals surface area (Å²) < 4.78 is 1.80. The second kappa shape index (κ2) is 3.30. The van der Waals surface area contributed by atoms with Crippen LogP contribution in [-0.2, 0) is 0 Å². The fourth-order valence-electron chi connectivity index (χ4n) is 1.14. The number of hydrogen-bond donors (Lipinski definition) is 2. The largest absolute Gasteiger partial charge is 0.369 e. The van der Waals surface area contributed by atoms with E-state index in [0.29, 0.717) is 0 Å². The summed E-state index contributed by atoms with van der Waals surface area (Å²) in [6, 6.07) is 3.99. The van der Waals surface area contributed by atoms with Gasteiger partial charge in [-0.2, -0.15) is 0 Å². The Bertz CT molecular complexity index is 250. The predicted molar refractivity (Wildman–Crippen MR) is 49.7 cm³/mol. The Morgan fingerprint density at radius 3 is 2.25 bits per heavy atom. The van der Waals surface area contributed by atoms with Crippen molar-refractivity contribution in [2.75, 3.05) is 5.01 Å². The molecule has 1 rings (SSSR count). The zero-order valence-corrected chi connectivity index (χ0v) is 7.36. The van der Waals surface area contributed by atoms with Gasteiger partial charge in [0.2, 0.25) is 5.96 Å². The molecule has 0 atom stereocenters. The molecule has 0 saturated heterocycles. The summed E-state index contributed by atoms with van der Waals surface area (Å²) >= 11 is 0. The van der Waals surface area contributed by atoms with Crippen LogP contribution in [0.2, 0.25) is 0 Å². The van der Waals surface area contributed by atoms with Crippen LogP contribution in [0.1, 0.15) is 13.8 Å².